The molecule has 1 fully saturated rings. The van der Waals surface area contributed by atoms with Crippen LogP contribution in [-0.2, 0) is 0 Å². The number of aryl methyl sites for hydroxylation is 1. The van der Waals surface area contributed by atoms with E-state index in [1.165, 1.54) is 5.70 Å². The fourth-order valence-corrected chi connectivity index (χ4v) is 4.19. The van der Waals surface area contributed by atoms with E-state index >= 15 is 0 Å². The highest BCUT2D eigenvalue weighted by atomic mass is 15.2. The zero-order chi connectivity index (χ0) is 20.5. The zero-order valence-corrected chi connectivity index (χ0v) is 16.5. The molecule has 5 aromatic rings. The molecule has 1 unspecified atom stereocenters. The Morgan fingerprint density at radius 2 is 2.06 bits per heavy atom. The van der Waals surface area contributed by atoms with Gasteiger partial charge in [0.05, 0.1) is 35.1 Å². The number of nitrogens with zero attached hydrogens (tertiary/aromatic N) is 5. The van der Waals surface area contributed by atoms with Crippen molar-refractivity contribution in [3.63, 3.8) is 0 Å². The van der Waals surface area contributed by atoms with Crippen LogP contribution in [0.2, 0.25) is 0 Å². The van der Waals surface area contributed by atoms with E-state index in [-0.39, 0.29) is 6.04 Å². The Balaban J connectivity index is 1.39. The molecule has 1 aromatic carbocycles. The maximum absolute atomic E-state index is 4.99. The Bertz CT molecular complexity index is 1520. The van der Waals surface area contributed by atoms with Crippen molar-refractivity contribution in [3.8, 4) is 22.6 Å². The zero-order valence-electron chi connectivity index (χ0n) is 16.5. The normalized spacial score (nSPS) is 16.9. The van der Waals surface area contributed by atoms with Crippen LogP contribution in [0.5, 0.6) is 0 Å². The summed E-state index contributed by atoms with van der Waals surface area (Å²) in [4.78, 5) is 12.9. The molecule has 7 rings (SSSR count). The molecule has 150 valence electrons. The molecule has 0 spiro atoms. The van der Waals surface area contributed by atoms with Crippen LogP contribution in [0.4, 0.5) is 0 Å². The summed E-state index contributed by atoms with van der Waals surface area (Å²) in [6.07, 6.45) is 11.7. The number of allylic oxidation sites excluding steroid dienone is 2. The number of benzene rings is 1. The number of aromatic nitrogens is 8. The van der Waals surface area contributed by atoms with E-state index in [1.807, 2.05) is 42.5 Å². The van der Waals surface area contributed by atoms with Crippen molar-refractivity contribution in [2.24, 2.45) is 0 Å². The fourth-order valence-electron chi connectivity index (χ4n) is 4.19. The molecule has 0 amide bonds. The third-order valence-corrected chi connectivity index (χ3v) is 5.83. The molecule has 9 nitrogen and oxygen atoms in total. The Labute approximate surface area is 175 Å². The van der Waals surface area contributed by atoms with Gasteiger partial charge < -0.3 is 14.9 Å². The highest BCUT2D eigenvalue weighted by Gasteiger charge is 2.37. The second-order valence-corrected chi connectivity index (χ2v) is 7.84. The molecule has 2 aliphatic rings. The van der Waals surface area contributed by atoms with Gasteiger partial charge in [-0.05, 0) is 36.8 Å². The van der Waals surface area contributed by atoms with E-state index in [4.69, 9.17) is 4.98 Å². The molecule has 9 heteroatoms. The third kappa shape index (κ3) is 2.43. The smallest absolute Gasteiger partial charge is 0.159 e. The van der Waals surface area contributed by atoms with Crippen molar-refractivity contribution in [3.05, 3.63) is 78.0 Å². The van der Waals surface area contributed by atoms with Gasteiger partial charge in [0.25, 0.3) is 0 Å². The molecule has 0 bridgehead atoms. The number of hydrogen-bond acceptors (Lipinski definition) is 5. The quantitative estimate of drug-likeness (QED) is 0.342. The van der Waals surface area contributed by atoms with Gasteiger partial charge in [0.2, 0.25) is 0 Å². The van der Waals surface area contributed by atoms with E-state index in [2.05, 4.69) is 60.0 Å². The molecular weight excluding hydrogens is 390 g/mol. The van der Waals surface area contributed by atoms with Crippen LogP contribution in [0.1, 0.15) is 23.1 Å². The summed E-state index contributed by atoms with van der Waals surface area (Å²) in [6.45, 7) is 1.98. The van der Waals surface area contributed by atoms with E-state index < -0.39 is 0 Å². The lowest BCUT2D eigenvalue weighted by molar-refractivity contribution is 0.994. The van der Waals surface area contributed by atoms with Crippen molar-refractivity contribution in [2.45, 2.75) is 13.0 Å². The Morgan fingerprint density at radius 3 is 2.90 bits per heavy atom. The minimum atomic E-state index is 0.154. The molecule has 31 heavy (non-hydrogen) atoms. The van der Waals surface area contributed by atoms with Gasteiger partial charge >= 0.3 is 0 Å². The van der Waals surface area contributed by atoms with E-state index in [0.29, 0.717) is 0 Å². The van der Waals surface area contributed by atoms with Gasteiger partial charge in [-0.1, -0.05) is 6.07 Å². The second-order valence-electron chi connectivity index (χ2n) is 7.84. The van der Waals surface area contributed by atoms with E-state index in [0.717, 1.165) is 56.3 Å². The van der Waals surface area contributed by atoms with Crippen LogP contribution in [0.15, 0.2) is 61.0 Å². The van der Waals surface area contributed by atoms with Crippen LogP contribution in [0.25, 0.3) is 39.2 Å². The molecule has 5 heterocycles. The lowest BCUT2D eigenvalue weighted by Gasteiger charge is -2.06. The predicted octanol–water partition coefficient (Wildman–Crippen LogP) is 3.28. The number of fused-ring (bicyclic) bond motifs is 4. The van der Waals surface area contributed by atoms with Gasteiger partial charge in [0, 0.05) is 29.0 Å². The summed E-state index contributed by atoms with van der Waals surface area (Å²) < 4.78 is 2.01. The van der Waals surface area contributed by atoms with Crippen molar-refractivity contribution in [1.29, 1.82) is 0 Å². The number of nitrogens with one attached hydrogen (secondary N) is 4. The molecule has 1 aliphatic heterocycles. The molecule has 0 saturated carbocycles. The van der Waals surface area contributed by atoms with Crippen LogP contribution in [0.3, 0.4) is 0 Å². The highest BCUT2D eigenvalue weighted by Crippen LogP contribution is 2.41. The summed E-state index contributed by atoms with van der Waals surface area (Å²) in [6, 6.07) is 6.36. The highest BCUT2D eigenvalue weighted by molar-refractivity contribution is 5.94. The molecular formula is C22H17N9. The van der Waals surface area contributed by atoms with Gasteiger partial charge in [-0.25, -0.2) is 9.97 Å². The maximum atomic E-state index is 4.99. The monoisotopic (exact) mass is 407 g/mol. The lowest BCUT2D eigenvalue weighted by atomic mass is 10.1. The Morgan fingerprint density at radius 1 is 1.10 bits per heavy atom. The van der Waals surface area contributed by atoms with Gasteiger partial charge in [-0.2, -0.15) is 10.2 Å². The minimum Gasteiger partial charge on any atom is -0.373 e. The Hall–Kier alpha value is -4.40. The standard InChI is InChI=1S/C22H17N9/c1-11-9-31(10-23-11)17-5-4-16-19(26-16)21-20(17)27-22(28-21)18-14-6-12(13-7-24-25-8-13)2-3-15(14)29-30-18/h2-10,19,26H,1H3,(H,24,25)(H,27,28)(H,29,30). The summed E-state index contributed by atoms with van der Waals surface area (Å²) in [5.41, 5.74) is 8.91. The summed E-state index contributed by atoms with van der Waals surface area (Å²) in [5, 5.41) is 19.1. The third-order valence-electron chi connectivity index (χ3n) is 5.83. The first-order valence-corrected chi connectivity index (χ1v) is 10.0. The minimum absolute atomic E-state index is 0.154. The molecule has 1 atom stereocenters. The largest absolute Gasteiger partial charge is 0.373 e. The van der Waals surface area contributed by atoms with Crippen LogP contribution in [-0.4, -0.2) is 39.9 Å². The van der Waals surface area contributed by atoms with Gasteiger partial charge in [-0.3, -0.25) is 10.2 Å². The first-order valence-electron chi connectivity index (χ1n) is 10.0. The molecule has 4 N–H and O–H groups in total. The number of imidazole rings is 2. The van der Waals surface area contributed by atoms with Crippen molar-refractivity contribution in [1.82, 2.24) is 45.2 Å². The number of aromatic amines is 3. The van der Waals surface area contributed by atoms with Crippen LogP contribution >= 0.6 is 0 Å². The summed E-state index contributed by atoms with van der Waals surface area (Å²) in [5.74, 6) is 0.735. The molecule has 1 aliphatic carbocycles. The van der Waals surface area contributed by atoms with Crippen LogP contribution in [0, 0.1) is 6.92 Å². The maximum Gasteiger partial charge on any atom is 0.159 e. The summed E-state index contributed by atoms with van der Waals surface area (Å²) >= 11 is 0. The molecule has 4 aromatic heterocycles. The average molecular weight is 407 g/mol. The molecule has 0 radical (unpaired) electrons. The average Bonchev–Trinajstić information content (AvgIpc) is 3.26. The number of hydrogen-bond donors (Lipinski definition) is 4. The van der Waals surface area contributed by atoms with Gasteiger partial charge in [0.15, 0.2) is 5.82 Å². The first-order chi connectivity index (χ1) is 15.2. The van der Waals surface area contributed by atoms with E-state index in [1.54, 1.807) is 0 Å². The topological polar surface area (TPSA) is 126 Å². The SMILES string of the molecule is Cc1cn(C2=CC=C3NC3c3[nH]c(-c4n[nH]c5ccc(-c6cn[nH]c6)cc45)nc32)cn1. The van der Waals surface area contributed by atoms with Crippen LogP contribution < -0.4 is 5.32 Å². The van der Waals surface area contributed by atoms with Gasteiger partial charge in [-0.15, -0.1) is 0 Å². The van der Waals surface area contributed by atoms with Crippen molar-refractivity contribution < 1.29 is 0 Å². The van der Waals surface area contributed by atoms with E-state index in [9.17, 15) is 0 Å². The van der Waals surface area contributed by atoms with Gasteiger partial charge in [0.1, 0.15) is 17.4 Å². The second kappa shape index (κ2) is 5.82. The van der Waals surface area contributed by atoms with Crippen molar-refractivity contribution in [2.75, 3.05) is 0 Å². The fraction of sp³-hybridized carbons (Fsp3) is 0.0909. The lowest BCUT2D eigenvalue weighted by Crippen LogP contribution is -2.00. The first kappa shape index (κ1) is 16.4. The number of H-pyrrole nitrogens is 3. The van der Waals surface area contributed by atoms with Crippen molar-refractivity contribution >= 4 is 16.6 Å². The predicted molar refractivity (Wildman–Crippen MR) is 116 cm³/mol. The number of rotatable bonds is 3. The Kier molecular flexibility index (Phi) is 3.08. The summed E-state index contributed by atoms with van der Waals surface area (Å²) in [7, 11) is 0. The molecule has 1 saturated heterocycles.